The highest BCUT2D eigenvalue weighted by molar-refractivity contribution is 8.00. The van der Waals surface area contributed by atoms with Crippen molar-refractivity contribution in [2.75, 3.05) is 11.6 Å². The van der Waals surface area contributed by atoms with E-state index in [1.165, 1.54) is 27.7 Å². The Hall–Kier alpha value is -1.71. The smallest absolute Gasteiger partial charge is 0.299 e. The molecule has 9 heteroatoms. The van der Waals surface area contributed by atoms with Crippen molar-refractivity contribution >= 4 is 55.7 Å². The Bertz CT molecular complexity index is 851. The molecular weight excluding hydrogens is 328 g/mol. The highest BCUT2D eigenvalue weighted by Gasteiger charge is 2.12. The van der Waals surface area contributed by atoms with Crippen molar-refractivity contribution in [3.63, 3.8) is 0 Å². The lowest BCUT2D eigenvalue weighted by atomic mass is 10.3. The average Bonchev–Trinajstić information content (AvgIpc) is 3.04. The molecule has 1 N–H and O–H groups in total. The molecule has 0 fully saturated rings. The van der Waals surface area contributed by atoms with Crippen LogP contribution in [0.5, 0.6) is 0 Å². The third kappa shape index (κ3) is 2.99. The molecule has 108 valence electrons. The third-order valence-corrected chi connectivity index (χ3v) is 5.48. The van der Waals surface area contributed by atoms with Gasteiger partial charge in [-0.05, 0) is 18.4 Å². The van der Waals surface area contributed by atoms with E-state index in [4.69, 9.17) is 0 Å². The monoisotopic (exact) mass is 338 g/mol. The second-order valence-corrected chi connectivity index (χ2v) is 7.07. The number of nitrogens with zero attached hydrogens (tertiary/aromatic N) is 3. The summed E-state index contributed by atoms with van der Waals surface area (Å²) in [6.45, 7) is -0.0307. The Morgan fingerprint density at radius 3 is 2.90 bits per heavy atom. The first-order valence-corrected chi connectivity index (χ1v) is 8.79. The third-order valence-electron chi connectivity index (χ3n) is 2.70. The van der Waals surface area contributed by atoms with E-state index in [2.05, 4.69) is 15.5 Å². The SMILES string of the molecule is CSc1nnc(NC(=O)Cn2c(=O)sc3ccccc32)s1. The number of carbonyl (C=O) groups excluding carboxylic acids is 1. The molecule has 0 unspecified atom stereocenters. The number of nitrogens with one attached hydrogen (secondary N) is 1. The minimum absolute atomic E-state index is 0.0307. The molecule has 0 saturated heterocycles. The number of hydrogen-bond acceptors (Lipinski definition) is 7. The Morgan fingerprint density at radius 1 is 1.33 bits per heavy atom. The lowest BCUT2D eigenvalue weighted by molar-refractivity contribution is -0.116. The number of thiazole rings is 1. The van der Waals surface area contributed by atoms with Gasteiger partial charge in [0.15, 0.2) is 4.34 Å². The number of fused-ring (bicyclic) bond motifs is 1. The highest BCUT2D eigenvalue weighted by atomic mass is 32.2. The fourth-order valence-corrected chi connectivity index (χ4v) is 3.89. The molecule has 2 heterocycles. The molecule has 1 aromatic carbocycles. The van der Waals surface area contributed by atoms with Crippen molar-refractivity contribution < 1.29 is 4.79 Å². The largest absolute Gasteiger partial charge is 0.308 e. The molecule has 0 aliphatic carbocycles. The fourth-order valence-electron chi connectivity index (χ4n) is 1.81. The molecule has 0 aliphatic rings. The van der Waals surface area contributed by atoms with Crippen LogP contribution in [0.1, 0.15) is 0 Å². The Morgan fingerprint density at radius 2 is 2.14 bits per heavy atom. The van der Waals surface area contributed by atoms with Crippen molar-refractivity contribution in [2.24, 2.45) is 0 Å². The molecule has 3 aromatic rings. The van der Waals surface area contributed by atoms with E-state index < -0.39 is 0 Å². The number of amides is 1. The summed E-state index contributed by atoms with van der Waals surface area (Å²) in [5.41, 5.74) is 0.768. The van der Waals surface area contributed by atoms with Crippen LogP contribution in [0.2, 0.25) is 0 Å². The minimum Gasteiger partial charge on any atom is -0.299 e. The lowest BCUT2D eigenvalue weighted by Crippen LogP contribution is -2.24. The van der Waals surface area contributed by atoms with Gasteiger partial charge in [0.05, 0.1) is 10.2 Å². The maximum atomic E-state index is 12.0. The van der Waals surface area contributed by atoms with Gasteiger partial charge >= 0.3 is 4.87 Å². The molecule has 0 radical (unpaired) electrons. The van der Waals surface area contributed by atoms with E-state index in [-0.39, 0.29) is 17.3 Å². The van der Waals surface area contributed by atoms with Crippen LogP contribution in [-0.2, 0) is 11.3 Å². The molecule has 6 nitrogen and oxygen atoms in total. The van der Waals surface area contributed by atoms with Crippen molar-refractivity contribution in [3.05, 3.63) is 33.9 Å². The summed E-state index contributed by atoms with van der Waals surface area (Å²) in [5, 5.41) is 10.9. The Balaban J connectivity index is 1.80. The van der Waals surface area contributed by atoms with Crippen LogP contribution in [0, 0.1) is 0 Å². The van der Waals surface area contributed by atoms with Gasteiger partial charge in [0.1, 0.15) is 6.54 Å². The molecule has 3 rings (SSSR count). The Labute approximate surface area is 131 Å². The summed E-state index contributed by atoms with van der Waals surface area (Å²) in [6.07, 6.45) is 1.89. The number of rotatable bonds is 4. The number of hydrogen-bond donors (Lipinski definition) is 1. The summed E-state index contributed by atoms with van der Waals surface area (Å²) < 4.78 is 3.12. The number of aromatic nitrogens is 3. The molecule has 0 aliphatic heterocycles. The zero-order chi connectivity index (χ0) is 14.8. The van der Waals surface area contributed by atoms with Crippen LogP contribution in [0.25, 0.3) is 10.2 Å². The van der Waals surface area contributed by atoms with Crippen LogP contribution >= 0.6 is 34.4 Å². The van der Waals surface area contributed by atoms with Crippen LogP contribution < -0.4 is 10.2 Å². The van der Waals surface area contributed by atoms with Crippen molar-refractivity contribution in [1.29, 1.82) is 0 Å². The molecule has 0 saturated carbocycles. The molecule has 1 amide bonds. The van der Waals surface area contributed by atoms with Crippen LogP contribution in [0.4, 0.5) is 5.13 Å². The zero-order valence-corrected chi connectivity index (χ0v) is 13.3. The van der Waals surface area contributed by atoms with Crippen LogP contribution in [0.15, 0.2) is 33.4 Å². The maximum absolute atomic E-state index is 12.0. The molecule has 0 atom stereocenters. The highest BCUT2D eigenvalue weighted by Crippen LogP contribution is 2.23. The lowest BCUT2D eigenvalue weighted by Gasteiger charge is -2.03. The first-order valence-electron chi connectivity index (χ1n) is 5.93. The number of carbonyl (C=O) groups is 1. The molecule has 0 spiro atoms. The van der Waals surface area contributed by atoms with Crippen LogP contribution in [-0.4, -0.2) is 26.9 Å². The van der Waals surface area contributed by atoms with E-state index >= 15 is 0 Å². The van der Waals surface area contributed by atoms with Gasteiger partial charge in [-0.25, -0.2) is 0 Å². The predicted molar refractivity (Wildman–Crippen MR) is 86.4 cm³/mol. The Kier molecular flexibility index (Phi) is 4.04. The summed E-state index contributed by atoms with van der Waals surface area (Å²) in [4.78, 5) is 23.8. The number of para-hydroxylation sites is 1. The van der Waals surface area contributed by atoms with Crippen molar-refractivity contribution in [3.8, 4) is 0 Å². The fraction of sp³-hybridized carbons (Fsp3) is 0.167. The van der Waals surface area contributed by atoms with Gasteiger partial charge in [-0.3, -0.25) is 19.5 Å². The predicted octanol–water partition coefficient (Wildman–Crippen LogP) is 2.28. The van der Waals surface area contributed by atoms with E-state index in [1.54, 1.807) is 0 Å². The second kappa shape index (κ2) is 5.96. The first-order chi connectivity index (χ1) is 10.2. The van der Waals surface area contributed by atoms with Gasteiger partial charge in [-0.1, -0.05) is 46.6 Å². The van der Waals surface area contributed by atoms with E-state index in [0.29, 0.717) is 5.13 Å². The van der Waals surface area contributed by atoms with Crippen LogP contribution in [0.3, 0.4) is 0 Å². The van der Waals surface area contributed by atoms with Gasteiger partial charge in [0.2, 0.25) is 11.0 Å². The van der Waals surface area contributed by atoms with Gasteiger partial charge in [0.25, 0.3) is 0 Å². The standard InChI is InChI=1S/C12H10N4O2S3/c1-19-11-15-14-10(21-11)13-9(17)6-16-7-4-2-3-5-8(7)20-12(16)18/h2-5H,6H2,1H3,(H,13,14,17). The molecule has 0 bridgehead atoms. The van der Waals surface area contributed by atoms with Crippen molar-refractivity contribution in [2.45, 2.75) is 10.9 Å². The topological polar surface area (TPSA) is 76.9 Å². The van der Waals surface area contributed by atoms with Gasteiger partial charge < -0.3 is 0 Å². The van der Waals surface area contributed by atoms with Crippen molar-refractivity contribution in [1.82, 2.24) is 14.8 Å². The minimum atomic E-state index is -0.288. The average molecular weight is 338 g/mol. The van der Waals surface area contributed by atoms with Gasteiger partial charge in [-0.2, -0.15) is 0 Å². The van der Waals surface area contributed by atoms with Gasteiger partial charge in [-0.15, -0.1) is 10.2 Å². The molecular formula is C12H10N4O2S3. The van der Waals surface area contributed by atoms with Gasteiger partial charge in [0, 0.05) is 0 Å². The summed E-state index contributed by atoms with van der Waals surface area (Å²) in [7, 11) is 0. The normalized spacial score (nSPS) is 10.9. The number of anilines is 1. The number of thioether (sulfide) groups is 1. The summed E-state index contributed by atoms with van der Waals surface area (Å²) >= 11 is 3.91. The molecule has 21 heavy (non-hydrogen) atoms. The summed E-state index contributed by atoms with van der Waals surface area (Å²) in [5.74, 6) is -0.288. The maximum Gasteiger partial charge on any atom is 0.308 e. The summed E-state index contributed by atoms with van der Waals surface area (Å²) in [6, 6.07) is 7.41. The first kappa shape index (κ1) is 14.2. The second-order valence-electron chi connectivity index (χ2n) is 4.05. The zero-order valence-electron chi connectivity index (χ0n) is 10.9. The number of benzene rings is 1. The molecule has 2 aromatic heterocycles. The van der Waals surface area contributed by atoms with E-state index in [1.807, 2.05) is 30.5 Å². The van der Waals surface area contributed by atoms with E-state index in [0.717, 1.165) is 25.9 Å². The quantitative estimate of drug-likeness (QED) is 0.583. The van der Waals surface area contributed by atoms with E-state index in [9.17, 15) is 9.59 Å².